The molecule has 1 aliphatic rings. The first-order chi connectivity index (χ1) is 11.6. The van der Waals surface area contributed by atoms with E-state index in [9.17, 15) is 4.79 Å². The van der Waals surface area contributed by atoms with Crippen LogP contribution in [0.3, 0.4) is 0 Å². The highest BCUT2D eigenvalue weighted by Crippen LogP contribution is 2.37. The van der Waals surface area contributed by atoms with Crippen molar-refractivity contribution in [1.82, 2.24) is 14.9 Å². The summed E-state index contributed by atoms with van der Waals surface area (Å²) in [7, 11) is 0. The molecule has 0 saturated heterocycles. The molecular formula is C16H20N4O3S. The highest BCUT2D eigenvalue weighted by molar-refractivity contribution is 8.00. The van der Waals surface area contributed by atoms with Crippen LogP contribution in [0.4, 0.5) is 0 Å². The number of benzene rings is 1. The molecule has 2 aromatic rings. The van der Waals surface area contributed by atoms with E-state index in [1.807, 2.05) is 42.8 Å². The Kier molecular flexibility index (Phi) is 4.94. The van der Waals surface area contributed by atoms with Gasteiger partial charge in [-0.15, -0.1) is 10.2 Å². The number of hydrogen-bond acceptors (Lipinski definition) is 7. The summed E-state index contributed by atoms with van der Waals surface area (Å²) in [5, 5.41) is 8.39. The average Bonchev–Trinajstić information content (AvgIpc) is 2.95. The van der Waals surface area contributed by atoms with Gasteiger partial charge in [0.25, 0.3) is 0 Å². The number of hydrogen-bond donors (Lipinski definition) is 1. The number of fused-ring (bicyclic) bond motifs is 1. The summed E-state index contributed by atoms with van der Waals surface area (Å²) in [6, 6.07) is 7.48. The summed E-state index contributed by atoms with van der Waals surface area (Å²) in [6.45, 7) is 6.57. The van der Waals surface area contributed by atoms with Gasteiger partial charge in [-0.3, -0.25) is 4.79 Å². The maximum Gasteiger partial charge on any atom is 0.322 e. The zero-order valence-corrected chi connectivity index (χ0v) is 14.7. The third-order valence-electron chi connectivity index (χ3n) is 3.67. The standard InChI is InChI=1S/C16H20N4O3S/c1-4-22-12-8-6-11(7-9-12)13-14(15(21)23-5-2)24-16-18-17-10(3)20(16)19-13/h6-9,13-14,19H,4-5H2,1-3H3. The number of thioether (sulfide) groups is 1. The van der Waals surface area contributed by atoms with Crippen molar-refractivity contribution in [1.29, 1.82) is 0 Å². The van der Waals surface area contributed by atoms with E-state index >= 15 is 0 Å². The molecule has 0 amide bonds. The normalized spacial score (nSPS) is 19.3. The molecule has 1 aromatic heterocycles. The number of carbonyl (C=O) groups is 1. The van der Waals surface area contributed by atoms with Crippen molar-refractivity contribution in [2.24, 2.45) is 0 Å². The van der Waals surface area contributed by atoms with E-state index in [1.165, 1.54) is 11.8 Å². The minimum atomic E-state index is -0.431. The van der Waals surface area contributed by atoms with Gasteiger partial charge in [-0.25, -0.2) is 4.68 Å². The van der Waals surface area contributed by atoms with Gasteiger partial charge in [0.1, 0.15) is 16.8 Å². The van der Waals surface area contributed by atoms with Crippen molar-refractivity contribution in [2.75, 3.05) is 18.6 Å². The highest BCUT2D eigenvalue weighted by atomic mass is 32.2. The van der Waals surface area contributed by atoms with Crippen LogP contribution in [0.15, 0.2) is 29.4 Å². The van der Waals surface area contributed by atoms with Gasteiger partial charge in [0, 0.05) is 0 Å². The Labute approximate surface area is 144 Å². The summed E-state index contributed by atoms with van der Waals surface area (Å²) in [6.07, 6.45) is 0. The third kappa shape index (κ3) is 3.19. The van der Waals surface area contributed by atoms with E-state index in [2.05, 4.69) is 15.6 Å². The molecule has 2 heterocycles. The van der Waals surface area contributed by atoms with Crippen molar-refractivity contribution in [2.45, 2.75) is 37.2 Å². The van der Waals surface area contributed by atoms with Gasteiger partial charge in [-0.2, -0.15) is 0 Å². The second-order valence-corrected chi connectivity index (χ2v) is 6.37. The maximum atomic E-state index is 12.4. The largest absolute Gasteiger partial charge is 0.494 e. The smallest absolute Gasteiger partial charge is 0.322 e. The fourth-order valence-electron chi connectivity index (χ4n) is 2.55. The first-order valence-corrected chi connectivity index (χ1v) is 8.76. The highest BCUT2D eigenvalue weighted by Gasteiger charge is 2.38. The van der Waals surface area contributed by atoms with Gasteiger partial charge >= 0.3 is 5.97 Å². The molecule has 0 spiro atoms. The molecule has 0 saturated carbocycles. The SMILES string of the molecule is CCOC(=O)C1Sc2nnc(C)n2NC1c1ccc(OCC)cc1. The molecule has 1 N–H and O–H groups in total. The van der Waals surface area contributed by atoms with Crippen LogP contribution in [-0.2, 0) is 9.53 Å². The van der Waals surface area contributed by atoms with E-state index in [0.717, 1.165) is 17.1 Å². The monoisotopic (exact) mass is 348 g/mol. The summed E-state index contributed by atoms with van der Waals surface area (Å²) < 4.78 is 12.5. The van der Waals surface area contributed by atoms with Gasteiger partial charge in [0.2, 0.25) is 5.16 Å². The Morgan fingerprint density at radius 1 is 1.25 bits per heavy atom. The topological polar surface area (TPSA) is 78.3 Å². The molecule has 8 heteroatoms. The van der Waals surface area contributed by atoms with Crippen LogP contribution < -0.4 is 10.2 Å². The molecule has 128 valence electrons. The quantitative estimate of drug-likeness (QED) is 0.831. The number of aryl methyl sites for hydroxylation is 1. The number of nitrogens with one attached hydrogen (secondary N) is 1. The van der Waals surface area contributed by atoms with Crippen LogP contribution in [0.25, 0.3) is 0 Å². The van der Waals surface area contributed by atoms with Crippen LogP contribution >= 0.6 is 11.8 Å². The predicted molar refractivity (Wildman–Crippen MR) is 90.7 cm³/mol. The van der Waals surface area contributed by atoms with Crippen LogP contribution in [0.5, 0.6) is 5.75 Å². The Morgan fingerprint density at radius 3 is 2.67 bits per heavy atom. The van der Waals surface area contributed by atoms with Crippen LogP contribution in [0.2, 0.25) is 0 Å². The number of esters is 1. The molecule has 0 radical (unpaired) electrons. The fraction of sp³-hybridized carbons (Fsp3) is 0.438. The summed E-state index contributed by atoms with van der Waals surface area (Å²) in [5.74, 6) is 1.29. The molecule has 24 heavy (non-hydrogen) atoms. The van der Waals surface area contributed by atoms with E-state index in [1.54, 1.807) is 6.92 Å². The first-order valence-electron chi connectivity index (χ1n) is 7.88. The lowest BCUT2D eigenvalue weighted by atomic mass is 10.0. The van der Waals surface area contributed by atoms with E-state index in [-0.39, 0.29) is 12.0 Å². The van der Waals surface area contributed by atoms with Crippen molar-refractivity contribution in [3.8, 4) is 5.75 Å². The molecule has 1 aromatic carbocycles. The number of nitrogens with zero attached hydrogens (tertiary/aromatic N) is 3. The molecule has 2 atom stereocenters. The Bertz CT molecular complexity index is 717. The maximum absolute atomic E-state index is 12.4. The molecule has 0 bridgehead atoms. The van der Waals surface area contributed by atoms with Crippen LogP contribution in [0.1, 0.15) is 31.3 Å². The fourth-order valence-corrected chi connectivity index (χ4v) is 3.68. The number of aromatic nitrogens is 3. The van der Waals surface area contributed by atoms with Gasteiger partial charge in [0.15, 0.2) is 0 Å². The summed E-state index contributed by atoms with van der Waals surface area (Å²) in [4.78, 5) is 12.4. The molecule has 7 nitrogen and oxygen atoms in total. The number of ether oxygens (including phenoxy) is 2. The molecule has 2 unspecified atom stereocenters. The molecule has 3 rings (SSSR count). The van der Waals surface area contributed by atoms with Gasteiger partial charge in [-0.05, 0) is 38.5 Å². The van der Waals surface area contributed by atoms with Gasteiger partial charge in [-0.1, -0.05) is 23.9 Å². The molecular weight excluding hydrogens is 328 g/mol. The summed E-state index contributed by atoms with van der Waals surface area (Å²) in [5.41, 5.74) is 4.31. The summed E-state index contributed by atoms with van der Waals surface area (Å²) >= 11 is 1.36. The van der Waals surface area contributed by atoms with Gasteiger partial charge in [0.05, 0.1) is 19.3 Å². The Balaban J connectivity index is 1.92. The number of rotatable bonds is 5. The van der Waals surface area contributed by atoms with E-state index in [0.29, 0.717) is 18.4 Å². The first kappa shape index (κ1) is 16.6. The lowest BCUT2D eigenvalue weighted by molar-refractivity contribution is -0.142. The lowest BCUT2D eigenvalue weighted by Crippen LogP contribution is -2.39. The van der Waals surface area contributed by atoms with E-state index in [4.69, 9.17) is 9.47 Å². The van der Waals surface area contributed by atoms with Crippen LogP contribution in [-0.4, -0.2) is 39.3 Å². The minimum Gasteiger partial charge on any atom is -0.494 e. The van der Waals surface area contributed by atoms with Crippen molar-refractivity contribution >= 4 is 17.7 Å². The third-order valence-corrected chi connectivity index (χ3v) is 4.86. The van der Waals surface area contributed by atoms with Gasteiger partial charge < -0.3 is 14.9 Å². The van der Waals surface area contributed by atoms with Crippen LogP contribution in [0, 0.1) is 6.92 Å². The minimum absolute atomic E-state index is 0.244. The van der Waals surface area contributed by atoms with Crippen molar-refractivity contribution in [3.63, 3.8) is 0 Å². The second kappa shape index (κ2) is 7.12. The molecule has 0 fully saturated rings. The number of carbonyl (C=O) groups excluding carboxylic acids is 1. The molecule has 0 aliphatic carbocycles. The average molecular weight is 348 g/mol. The zero-order valence-electron chi connectivity index (χ0n) is 13.9. The Morgan fingerprint density at radius 2 is 2.00 bits per heavy atom. The van der Waals surface area contributed by atoms with Crippen molar-refractivity contribution < 1.29 is 14.3 Å². The van der Waals surface area contributed by atoms with E-state index < -0.39 is 5.25 Å². The molecule has 1 aliphatic heterocycles. The predicted octanol–water partition coefficient (Wildman–Crippen LogP) is 2.31. The lowest BCUT2D eigenvalue weighted by Gasteiger charge is -2.32. The zero-order chi connectivity index (χ0) is 17.1. The Hall–Kier alpha value is -2.22. The second-order valence-electron chi connectivity index (χ2n) is 5.26. The van der Waals surface area contributed by atoms with Crippen molar-refractivity contribution in [3.05, 3.63) is 35.7 Å².